The van der Waals surface area contributed by atoms with Gasteiger partial charge in [0, 0.05) is 6.04 Å². The molecular formula is C14H17N. The predicted molar refractivity (Wildman–Crippen MR) is 63.8 cm³/mol. The van der Waals surface area contributed by atoms with E-state index >= 15 is 0 Å². The van der Waals surface area contributed by atoms with Crippen LogP contribution in [0.3, 0.4) is 0 Å². The Hall–Kier alpha value is -1.08. The van der Waals surface area contributed by atoms with Gasteiger partial charge in [-0.15, -0.1) is 0 Å². The lowest BCUT2D eigenvalue weighted by atomic mass is 9.79. The van der Waals surface area contributed by atoms with E-state index < -0.39 is 0 Å². The lowest BCUT2D eigenvalue weighted by molar-refractivity contribution is 0.470. The van der Waals surface area contributed by atoms with Crippen molar-refractivity contribution in [3.63, 3.8) is 0 Å². The molecule has 1 atom stereocenters. The molecule has 1 aliphatic carbocycles. The minimum absolute atomic E-state index is 0.619. The molecular weight excluding hydrogens is 182 g/mol. The lowest BCUT2D eigenvalue weighted by Crippen LogP contribution is -2.32. The van der Waals surface area contributed by atoms with Crippen LogP contribution in [-0.4, -0.2) is 6.54 Å². The second kappa shape index (κ2) is 3.49. The molecule has 0 amide bonds. The zero-order valence-corrected chi connectivity index (χ0v) is 9.22. The van der Waals surface area contributed by atoms with Crippen LogP contribution in [0.1, 0.15) is 42.5 Å². The standard InChI is InChI=1S/C14H17N/c1-2-10-6-7-13-14-11(8-9-15-13)4-3-5-12(10)14/h2-5,13,15H,6-9H2,1H3/b10-2+. The van der Waals surface area contributed by atoms with Crippen molar-refractivity contribution in [2.75, 3.05) is 6.54 Å². The Bertz CT molecular complexity index is 417. The molecule has 0 radical (unpaired) electrons. The van der Waals surface area contributed by atoms with Crippen LogP contribution in [-0.2, 0) is 6.42 Å². The smallest absolute Gasteiger partial charge is 0.0332 e. The van der Waals surface area contributed by atoms with Crippen LogP contribution < -0.4 is 5.32 Å². The third kappa shape index (κ3) is 1.34. The van der Waals surface area contributed by atoms with E-state index in [1.165, 1.54) is 30.4 Å². The SMILES string of the molecule is C/C=C1\CCC2NCCc3cccc1c32. The molecule has 1 heteroatoms. The minimum atomic E-state index is 0.619. The molecule has 3 rings (SSSR count). The van der Waals surface area contributed by atoms with Gasteiger partial charge >= 0.3 is 0 Å². The molecule has 1 heterocycles. The van der Waals surface area contributed by atoms with Crippen LogP contribution in [0.15, 0.2) is 24.3 Å². The summed E-state index contributed by atoms with van der Waals surface area (Å²) < 4.78 is 0. The van der Waals surface area contributed by atoms with E-state index in [0.29, 0.717) is 6.04 Å². The summed E-state index contributed by atoms with van der Waals surface area (Å²) in [4.78, 5) is 0. The van der Waals surface area contributed by atoms with E-state index in [1.54, 1.807) is 11.1 Å². The van der Waals surface area contributed by atoms with Gasteiger partial charge < -0.3 is 5.32 Å². The maximum Gasteiger partial charge on any atom is 0.0332 e. The van der Waals surface area contributed by atoms with E-state index in [1.807, 2.05) is 0 Å². The van der Waals surface area contributed by atoms with Crippen molar-refractivity contribution in [2.45, 2.75) is 32.2 Å². The summed E-state index contributed by atoms with van der Waals surface area (Å²) in [6.07, 6.45) is 5.96. The highest BCUT2D eigenvalue weighted by molar-refractivity contribution is 5.71. The molecule has 15 heavy (non-hydrogen) atoms. The first-order valence-corrected chi connectivity index (χ1v) is 5.91. The molecule has 0 bridgehead atoms. The number of hydrogen-bond donors (Lipinski definition) is 1. The van der Waals surface area contributed by atoms with E-state index in [4.69, 9.17) is 0 Å². The Balaban J connectivity index is 2.22. The highest BCUT2D eigenvalue weighted by Crippen LogP contribution is 2.40. The molecule has 0 fully saturated rings. The maximum absolute atomic E-state index is 3.63. The number of rotatable bonds is 0. The van der Waals surface area contributed by atoms with Gasteiger partial charge in [0.1, 0.15) is 0 Å². The van der Waals surface area contributed by atoms with Crippen molar-refractivity contribution in [2.24, 2.45) is 0 Å². The Morgan fingerprint density at radius 1 is 1.33 bits per heavy atom. The van der Waals surface area contributed by atoms with Crippen LogP contribution in [0.5, 0.6) is 0 Å². The average molecular weight is 199 g/mol. The highest BCUT2D eigenvalue weighted by atomic mass is 14.9. The summed E-state index contributed by atoms with van der Waals surface area (Å²) in [5, 5.41) is 3.63. The fourth-order valence-corrected chi connectivity index (χ4v) is 2.99. The first-order chi connectivity index (χ1) is 7.40. The van der Waals surface area contributed by atoms with Gasteiger partial charge in [0.15, 0.2) is 0 Å². The maximum atomic E-state index is 3.63. The summed E-state index contributed by atoms with van der Waals surface area (Å²) in [5.41, 5.74) is 6.18. The molecule has 78 valence electrons. The summed E-state index contributed by atoms with van der Waals surface area (Å²) in [7, 11) is 0. The van der Waals surface area contributed by atoms with Crippen molar-refractivity contribution < 1.29 is 0 Å². The molecule has 1 aromatic rings. The van der Waals surface area contributed by atoms with Gasteiger partial charge in [0.2, 0.25) is 0 Å². The summed E-state index contributed by atoms with van der Waals surface area (Å²) in [6.45, 7) is 3.30. The highest BCUT2D eigenvalue weighted by Gasteiger charge is 2.27. The molecule has 0 saturated heterocycles. The van der Waals surface area contributed by atoms with Gasteiger partial charge in [-0.3, -0.25) is 0 Å². The van der Waals surface area contributed by atoms with E-state index in [9.17, 15) is 0 Å². The molecule has 0 aromatic heterocycles. The van der Waals surface area contributed by atoms with E-state index in [2.05, 4.69) is 36.5 Å². The van der Waals surface area contributed by atoms with E-state index in [-0.39, 0.29) is 0 Å². The average Bonchev–Trinajstić information content (AvgIpc) is 2.30. The largest absolute Gasteiger partial charge is 0.310 e. The molecule has 0 spiro atoms. The number of hydrogen-bond acceptors (Lipinski definition) is 1. The second-order valence-corrected chi connectivity index (χ2v) is 4.49. The Morgan fingerprint density at radius 3 is 3.13 bits per heavy atom. The van der Waals surface area contributed by atoms with Crippen LogP contribution in [0.2, 0.25) is 0 Å². The van der Waals surface area contributed by atoms with Crippen molar-refractivity contribution in [3.05, 3.63) is 41.0 Å². The predicted octanol–water partition coefficient (Wildman–Crippen LogP) is 3.07. The van der Waals surface area contributed by atoms with Gasteiger partial charge in [0.05, 0.1) is 0 Å². The Kier molecular flexibility index (Phi) is 2.14. The number of allylic oxidation sites excluding steroid dienone is 2. The fraction of sp³-hybridized carbons (Fsp3) is 0.429. The lowest BCUT2D eigenvalue weighted by Gasteiger charge is -2.34. The summed E-state index contributed by atoms with van der Waals surface area (Å²) >= 11 is 0. The quantitative estimate of drug-likeness (QED) is 0.677. The molecule has 1 nitrogen and oxygen atoms in total. The zero-order chi connectivity index (χ0) is 10.3. The monoisotopic (exact) mass is 199 g/mol. The second-order valence-electron chi connectivity index (χ2n) is 4.49. The van der Waals surface area contributed by atoms with E-state index in [0.717, 1.165) is 6.54 Å². The van der Waals surface area contributed by atoms with Crippen molar-refractivity contribution >= 4 is 5.57 Å². The molecule has 2 aliphatic rings. The molecule has 0 saturated carbocycles. The van der Waals surface area contributed by atoms with Gasteiger partial charge in [-0.25, -0.2) is 0 Å². The van der Waals surface area contributed by atoms with Crippen molar-refractivity contribution in [3.8, 4) is 0 Å². The Labute approximate surface area is 91.2 Å². The number of benzene rings is 1. The van der Waals surface area contributed by atoms with Gasteiger partial charge in [-0.2, -0.15) is 0 Å². The first kappa shape index (κ1) is 9.17. The van der Waals surface area contributed by atoms with Crippen molar-refractivity contribution in [1.82, 2.24) is 5.32 Å². The van der Waals surface area contributed by atoms with Gasteiger partial charge in [0.25, 0.3) is 0 Å². The van der Waals surface area contributed by atoms with Crippen molar-refractivity contribution in [1.29, 1.82) is 0 Å². The fourth-order valence-electron chi connectivity index (χ4n) is 2.99. The first-order valence-electron chi connectivity index (χ1n) is 5.91. The van der Waals surface area contributed by atoms with Crippen LogP contribution in [0, 0.1) is 0 Å². The molecule has 1 unspecified atom stereocenters. The zero-order valence-electron chi connectivity index (χ0n) is 9.22. The van der Waals surface area contributed by atoms with Crippen LogP contribution in [0.4, 0.5) is 0 Å². The summed E-state index contributed by atoms with van der Waals surface area (Å²) in [5.74, 6) is 0. The topological polar surface area (TPSA) is 12.0 Å². The van der Waals surface area contributed by atoms with Gasteiger partial charge in [-0.05, 0) is 55.0 Å². The van der Waals surface area contributed by atoms with Crippen LogP contribution in [0.25, 0.3) is 5.57 Å². The minimum Gasteiger partial charge on any atom is -0.310 e. The molecule has 1 aromatic carbocycles. The molecule has 1 N–H and O–H groups in total. The Morgan fingerprint density at radius 2 is 2.27 bits per heavy atom. The summed E-state index contributed by atoms with van der Waals surface area (Å²) in [6, 6.07) is 7.41. The normalized spacial score (nSPS) is 26.5. The number of nitrogens with one attached hydrogen (secondary N) is 1. The molecule has 1 aliphatic heterocycles. The third-order valence-electron chi connectivity index (χ3n) is 3.73. The van der Waals surface area contributed by atoms with Crippen LogP contribution >= 0.6 is 0 Å². The van der Waals surface area contributed by atoms with Gasteiger partial charge in [-0.1, -0.05) is 24.3 Å². The third-order valence-corrected chi connectivity index (χ3v) is 3.73.